The summed E-state index contributed by atoms with van der Waals surface area (Å²) in [4.78, 5) is 37.7. The maximum atomic E-state index is 12.7. The molecular formula is C48H92O6. The van der Waals surface area contributed by atoms with Crippen molar-refractivity contribution in [2.24, 2.45) is 11.8 Å². The summed E-state index contributed by atoms with van der Waals surface area (Å²) in [5.74, 6) is 0.783. The van der Waals surface area contributed by atoms with Crippen LogP contribution in [0.15, 0.2) is 0 Å². The van der Waals surface area contributed by atoms with E-state index in [1.807, 2.05) is 0 Å². The fourth-order valence-electron chi connectivity index (χ4n) is 7.11. The van der Waals surface area contributed by atoms with Crippen molar-refractivity contribution in [2.45, 2.75) is 265 Å². The van der Waals surface area contributed by atoms with Crippen LogP contribution in [0.4, 0.5) is 0 Å². The maximum absolute atomic E-state index is 12.7. The van der Waals surface area contributed by atoms with E-state index in [1.54, 1.807) is 0 Å². The number of carbonyl (C=O) groups excluding carboxylic acids is 3. The van der Waals surface area contributed by atoms with Crippen LogP contribution in [0.5, 0.6) is 0 Å². The highest BCUT2D eigenvalue weighted by Gasteiger charge is 2.19. The highest BCUT2D eigenvalue weighted by Crippen LogP contribution is 2.17. The summed E-state index contributed by atoms with van der Waals surface area (Å²) in [7, 11) is 0. The van der Waals surface area contributed by atoms with E-state index in [0.29, 0.717) is 19.3 Å². The lowest BCUT2D eigenvalue weighted by Crippen LogP contribution is -2.30. The van der Waals surface area contributed by atoms with E-state index in [1.165, 1.54) is 148 Å². The van der Waals surface area contributed by atoms with Gasteiger partial charge in [-0.1, -0.05) is 221 Å². The predicted octanol–water partition coefficient (Wildman–Crippen LogP) is 15.0. The Labute approximate surface area is 336 Å². The molecule has 0 fully saturated rings. The predicted molar refractivity (Wildman–Crippen MR) is 229 cm³/mol. The Morgan fingerprint density at radius 1 is 0.352 bits per heavy atom. The number of unbranched alkanes of at least 4 members (excludes halogenated alkanes) is 27. The smallest absolute Gasteiger partial charge is 0.306 e. The minimum absolute atomic E-state index is 0.0648. The van der Waals surface area contributed by atoms with E-state index in [2.05, 4.69) is 34.6 Å². The van der Waals surface area contributed by atoms with E-state index in [0.717, 1.165) is 69.6 Å². The SMILES string of the molecule is CCCCCCCCCCCC(=O)OC[C@H](COC(=O)CCCCCCCCCCCC(C)C)OC(=O)CCCCCCCCCCCCCCC(C)C. The molecule has 0 N–H and O–H groups in total. The van der Waals surface area contributed by atoms with E-state index in [-0.39, 0.29) is 31.1 Å². The van der Waals surface area contributed by atoms with Crippen molar-refractivity contribution in [2.75, 3.05) is 13.2 Å². The molecule has 0 aromatic heterocycles. The van der Waals surface area contributed by atoms with Crippen LogP contribution in [0.3, 0.4) is 0 Å². The van der Waals surface area contributed by atoms with Gasteiger partial charge < -0.3 is 14.2 Å². The molecule has 0 saturated heterocycles. The zero-order valence-electron chi connectivity index (χ0n) is 36.8. The second kappa shape index (κ2) is 41.1. The second-order valence-corrected chi connectivity index (χ2v) is 17.3. The first-order valence-corrected chi connectivity index (χ1v) is 23.7. The number of hydrogen-bond donors (Lipinski definition) is 0. The molecule has 0 aliphatic rings. The van der Waals surface area contributed by atoms with Gasteiger partial charge in [0.05, 0.1) is 0 Å². The topological polar surface area (TPSA) is 78.9 Å². The van der Waals surface area contributed by atoms with Crippen LogP contribution in [0.2, 0.25) is 0 Å². The molecule has 0 unspecified atom stereocenters. The number of rotatable bonds is 42. The van der Waals surface area contributed by atoms with Crippen molar-refractivity contribution in [3.05, 3.63) is 0 Å². The van der Waals surface area contributed by atoms with Gasteiger partial charge >= 0.3 is 17.9 Å². The quantitative estimate of drug-likeness (QED) is 0.0350. The Morgan fingerprint density at radius 2 is 0.611 bits per heavy atom. The third-order valence-corrected chi connectivity index (χ3v) is 10.7. The lowest BCUT2D eigenvalue weighted by Gasteiger charge is -2.18. The normalized spacial score (nSPS) is 12.1. The molecule has 320 valence electrons. The molecule has 6 heteroatoms. The van der Waals surface area contributed by atoms with Crippen molar-refractivity contribution in [3.8, 4) is 0 Å². The van der Waals surface area contributed by atoms with Gasteiger partial charge in [0.2, 0.25) is 0 Å². The molecule has 6 nitrogen and oxygen atoms in total. The fraction of sp³-hybridized carbons (Fsp3) is 0.938. The molecule has 0 rings (SSSR count). The molecule has 54 heavy (non-hydrogen) atoms. The van der Waals surface area contributed by atoms with Crippen molar-refractivity contribution >= 4 is 17.9 Å². The van der Waals surface area contributed by atoms with Gasteiger partial charge in [0, 0.05) is 19.3 Å². The minimum Gasteiger partial charge on any atom is -0.462 e. The molecule has 0 radical (unpaired) electrons. The average Bonchev–Trinajstić information content (AvgIpc) is 3.14. The van der Waals surface area contributed by atoms with Crippen molar-refractivity contribution in [1.82, 2.24) is 0 Å². The van der Waals surface area contributed by atoms with Crippen molar-refractivity contribution in [1.29, 1.82) is 0 Å². The number of ether oxygens (including phenoxy) is 3. The Kier molecular flexibility index (Phi) is 39.8. The highest BCUT2D eigenvalue weighted by atomic mass is 16.6. The van der Waals surface area contributed by atoms with Crippen LogP contribution >= 0.6 is 0 Å². The van der Waals surface area contributed by atoms with Gasteiger partial charge in [-0.3, -0.25) is 14.4 Å². The van der Waals surface area contributed by atoms with Crippen LogP contribution < -0.4 is 0 Å². The van der Waals surface area contributed by atoms with Crippen LogP contribution in [0.1, 0.15) is 259 Å². The Balaban J connectivity index is 4.30. The van der Waals surface area contributed by atoms with Gasteiger partial charge in [0.1, 0.15) is 13.2 Å². The largest absolute Gasteiger partial charge is 0.462 e. The number of carbonyl (C=O) groups is 3. The molecule has 0 amide bonds. The van der Waals surface area contributed by atoms with Crippen LogP contribution in [-0.2, 0) is 28.6 Å². The third-order valence-electron chi connectivity index (χ3n) is 10.7. The second-order valence-electron chi connectivity index (χ2n) is 17.3. The van der Waals surface area contributed by atoms with E-state index >= 15 is 0 Å². The molecule has 0 aromatic rings. The van der Waals surface area contributed by atoms with Crippen molar-refractivity contribution < 1.29 is 28.6 Å². The Hall–Kier alpha value is -1.59. The third kappa shape index (κ3) is 41.6. The van der Waals surface area contributed by atoms with Gasteiger partial charge in [0.25, 0.3) is 0 Å². The summed E-state index contributed by atoms with van der Waals surface area (Å²) in [5, 5.41) is 0. The maximum Gasteiger partial charge on any atom is 0.306 e. The summed E-state index contributed by atoms with van der Waals surface area (Å²) >= 11 is 0. The molecule has 0 saturated carbocycles. The van der Waals surface area contributed by atoms with Gasteiger partial charge in [-0.15, -0.1) is 0 Å². The van der Waals surface area contributed by atoms with Gasteiger partial charge in [0.15, 0.2) is 6.10 Å². The average molecular weight is 765 g/mol. The molecule has 0 spiro atoms. The zero-order valence-corrected chi connectivity index (χ0v) is 36.8. The van der Waals surface area contributed by atoms with E-state index < -0.39 is 6.10 Å². The van der Waals surface area contributed by atoms with E-state index in [9.17, 15) is 14.4 Å². The molecule has 0 aliphatic heterocycles. The monoisotopic (exact) mass is 765 g/mol. The standard InChI is InChI=1S/C48H92O6/c1-6-7-8-9-10-16-23-28-33-38-46(49)52-41-45(42-53-47(50)39-34-29-24-20-15-18-22-27-32-37-44(4)5)54-48(51)40-35-30-25-19-14-12-11-13-17-21-26-31-36-43(2)3/h43-45H,6-42H2,1-5H3/t45-/m1/s1. The first-order chi connectivity index (χ1) is 26.2. The summed E-state index contributed by atoms with van der Waals surface area (Å²) in [6.07, 6.45) is 39.5. The summed E-state index contributed by atoms with van der Waals surface area (Å²) in [5.41, 5.74) is 0. The van der Waals surface area contributed by atoms with Gasteiger partial charge in [-0.05, 0) is 31.1 Å². The Morgan fingerprint density at radius 3 is 0.907 bits per heavy atom. The molecule has 0 bridgehead atoms. The lowest BCUT2D eigenvalue weighted by atomic mass is 10.0. The molecule has 0 aromatic carbocycles. The lowest BCUT2D eigenvalue weighted by molar-refractivity contribution is -0.167. The molecule has 1 atom stereocenters. The molecular weight excluding hydrogens is 673 g/mol. The molecule has 0 heterocycles. The summed E-state index contributed by atoms with van der Waals surface area (Å²) in [6, 6.07) is 0. The summed E-state index contributed by atoms with van der Waals surface area (Å²) in [6.45, 7) is 11.3. The minimum atomic E-state index is -0.760. The van der Waals surface area contributed by atoms with Gasteiger partial charge in [-0.25, -0.2) is 0 Å². The van der Waals surface area contributed by atoms with E-state index in [4.69, 9.17) is 14.2 Å². The first kappa shape index (κ1) is 52.4. The van der Waals surface area contributed by atoms with Crippen LogP contribution in [0.25, 0.3) is 0 Å². The van der Waals surface area contributed by atoms with Crippen LogP contribution in [-0.4, -0.2) is 37.2 Å². The van der Waals surface area contributed by atoms with Gasteiger partial charge in [-0.2, -0.15) is 0 Å². The zero-order chi connectivity index (χ0) is 39.7. The summed E-state index contributed by atoms with van der Waals surface area (Å²) < 4.78 is 16.7. The first-order valence-electron chi connectivity index (χ1n) is 23.7. The number of esters is 3. The van der Waals surface area contributed by atoms with Crippen molar-refractivity contribution in [3.63, 3.8) is 0 Å². The fourth-order valence-corrected chi connectivity index (χ4v) is 7.11. The highest BCUT2D eigenvalue weighted by molar-refractivity contribution is 5.71. The Bertz CT molecular complexity index is 824. The molecule has 0 aliphatic carbocycles. The number of hydrogen-bond acceptors (Lipinski definition) is 6. The van der Waals surface area contributed by atoms with Crippen LogP contribution in [0, 0.1) is 11.8 Å².